The van der Waals surface area contributed by atoms with Gasteiger partial charge in [-0.25, -0.2) is 4.79 Å². The van der Waals surface area contributed by atoms with Gasteiger partial charge >= 0.3 is 11.9 Å². The van der Waals surface area contributed by atoms with E-state index in [4.69, 9.17) is 21.1 Å². The molecular formula is C13H21N3O7. The van der Waals surface area contributed by atoms with Crippen molar-refractivity contribution < 1.29 is 34.5 Å². The summed E-state index contributed by atoms with van der Waals surface area (Å²) >= 11 is 0. The molecule has 1 heterocycles. The average molecular weight is 331 g/mol. The minimum Gasteiger partial charge on any atom is -0.481 e. The number of likely N-dealkylation sites (tertiary alicyclic amines) is 1. The second-order valence-corrected chi connectivity index (χ2v) is 5.31. The van der Waals surface area contributed by atoms with E-state index in [0.717, 1.165) is 0 Å². The second-order valence-electron chi connectivity index (χ2n) is 5.31. The minimum atomic E-state index is -1.34. The number of rotatable bonds is 8. The quantitative estimate of drug-likeness (QED) is 0.331. The fourth-order valence-electron chi connectivity index (χ4n) is 2.39. The van der Waals surface area contributed by atoms with E-state index < -0.39 is 54.9 Å². The first-order chi connectivity index (χ1) is 10.8. The van der Waals surface area contributed by atoms with Crippen molar-refractivity contribution in [3.05, 3.63) is 0 Å². The van der Waals surface area contributed by atoms with Crippen molar-refractivity contribution in [3.8, 4) is 0 Å². The molecule has 10 heteroatoms. The summed E-state index contributed by atoms with van der Waals surface area (Å²) in [5.41, 5.74) is 5.46. The zero-order valence-electron chi connectivity index (χ0n) is 12.5. The third kappa shape index (κ3) is 5.18. The van der Waals surface area contributed by atoms with E-state index in [1.807, 2.05) is 0 Å². The van der Waals surface area contributed by atoms with Crippen LogP contribution in [0.1, 0.15) is 25.7 Å². The lowest BCUT2D eigenvalue weighted by atomic mass is 10.1. The molecule has 1 aliphatic heterocycles. The number of carbonyl (C=O) groups is 4. The van der Waals surface area contributed by atoms with Crippen molar-refractivity contribution in [3.63, 3.8) is 0 Å². The molecule has 1 rings (SSSR count). The van der Waals surface area contributed by atoms with Crippen molar-refractivity contribution in [2.75, 3.05) is 13.2 Å². The standard InChI is InChI=1S/C13H21N3O7/c14-7(6-17)12(21)16-5-1-2-9(16)11(20)15-8(13(22)23)3-4-10(18)19/h7-9,17H,1-6,14H2,(H,15,20)(H,18,19)(H,22,23)/t7-,8-,9-/m0/s1. The van der Waals surface area contributed by atoms with E-state index in [2.05, 4.69) is 5.32 Å². The Bertz CT molecular complexity index is 482. The first-order valence-electron chi connectivity index (χ1n) is 7.19. The van der Waals surface area contributed by atoms with E-state index in [-0.39, 0.29) is 13.0 Å². The Hall–Kier alpha value is -2.20. The summed E-state index contributed by atoms with van der Waals surface area (Å²) in [7, 11) is 0. The molecule has 0 aromatic heterocycles. The molecule has 1 saturated heterocycles. The monoisotopic (exact) mass is 331 g/mol. The third-order valence-corrected chi connectivity index (χ3v) is 3.61. The highest BCUT2D eigenvalue weighted by Crippen LogP contribution is 2.18. The molecule has 23 heavy (non-hydrogen) atoms. The Morgan fingerprint density at radius 3 is 2.43 bits per heavy atom. The Morgan fingerprint density at radius 2 is 1.91 bits per heavy atom. The number of aliphatic hydroxyl groups excluding tert-OH is 1. The SMILES string of the molecule is N[C@@H](CO)C(=O)N1CCC[C@H]1C(=O)N[C@@H](CCC(=O)O)C(=O)O. The Balaban J connectivity index is 2.71. The highest BCUT2D eigenvalue weighted by Gasteiger charge is 2.37. The van der Waals surface area contributed by atoms with Crippen LogP contribution in [0.15, 0.2) is 0 Å². The Labute approximate surface area is 132 Å². The van der Waals surface area contributed by atoms with Gasteiger partial charge in [-0.2, -0.15) is 0 Å². The predicted molar refractivity (Wildman–Crippen MR) is 76.2 cm³/mol. The Kier molecular flexibility index (Phi) is 6.91. The number of hydrogen-bond acceptors (Lipinski definition) is 6. The van der Waals surface area contributed by atoms with E-state index in [0.29, 0.717) is 12.8 Å². The Morgan fingerprint density at radius 1 is 1.26 bits per heavy atom. The van der Waals surface area contributed by atoms with Crippen molar-refractivity contribution in [2.45, 2.75) is 43.8 Å². The zero-order valence-corrected chi connectivity index (χ0v) is 12.5. The molecule has 0 unspecified atom stereocenters. The molecule has 3 atom stereocenters. The van der Waals surface area contributed by atoms with Gasteiger partial charge in [-0.05, 0) is 19.3 Å². The summed E-state index contributed by atoms with van der Waals surface area (Å²) in [6.45, 7) is -0.266. The number of hydrogen-bond donors (Lipinski definition) is 5. The summed E-state index contributed by atoms with van der Waals surface area (Å²) in [6.07, 6.45) is 0.239. The van der Waals surface area contributed by atoms with Crippen LogP contribution in [0.25, 0.3) is 0 Å². The smallest absolute Gasteiger partial charge is 0.326 e. The van der Waals surface area contributed by atoms with Crippen LogP contribution in [0.4, 0.5) is 0 Å². The van der Waals surface area contributed by atoms with E-state index in [1.54, 1.807) is 0 Å². The van der Waals surface area contributed by atoms with Crippen LogP contribution in [0.5, 0.6) is 0 Å². The molecule has 10 nitrogen and oxygen atoms in total. The van der Waals surface area contributed by atoms with Gasteiger partial charge in [0.1, 0.15) is 18.1 Å². The first-order valence-corrected chi connectivity index (χ1v) is 7.19. The van der Waals surface area contributed by atoms with Crippen LogP contribution in [0.3, 0.4) is 0 Å². The van der Waals surface area contributed by atoms with Crippen LogP contribution in [0.2, 0.25) is 0 Å². The normalized spacial score (nSPS) is 19.9. The molecule has 2 amide bonds. The lowest BCUT2D eigenvalue weighted by Crippen LogP contribution is -2.54. The van der Waals surface area contributed by atoms with Crippen molar-refractivity contribution in [1.29, 1.82) is 0 Å². The number of amides is 2. The number of carboxylic acids is 2. The maximum Gasteiger partial charge on any atom is 0.326 e. The maximum atomic E-state index is 12.2. The highest BCUT2D eigenvalue weighted by atomic mass is 16.4. The summed E-state index contributed by atoms with van der Waals surface area (Å²) in [5.74, 6) is -3.76. The number of carbonyl (C=O) groups excluding carboxylic acids is 2. The van der Waals surface area contributed by atoms with Crippen molar-refractivity contribution >= 4 is 23.8 Å². The van der Waals surface area contributed by atoms with Crippen LogP contribution in [-0.4, -0.2) is 75.2 Å². The van der Waals surface area contributed by atoms with Gasteiger partial charge in [-0.15, -0.1) is 0 Å². The topological polar surface area (TPSA) is 170 Å². The van der Waals surface area contributed by atoms with Crippen LogP contribution in [-0.2, 0) is 19.2 Å². The minimum absolute atomic E-state index is 0.257. The molecular weight excluding hydrogens is 310 g/mol. The van der Waals surface area contributed by atoms with Gasteiger partial charge in [0.15, 0.2) is 0 Å². The summed E-state index contributed by atoms with van der Waals surface area (Å²) in [4.78, 5) is 47.0. The van der Waals surface area contributed by atoms with Crippen LogP contribution < -0.4 is 11.1 Å². The summed E-state index contributed by atoms with van der Waals surface area (Å²) in [5, 5.41) is 28.8. The van der Waals surface area contributed by atoms with Crippen LogP contribution >= 0.6 is 0 Å². The molecule has 0 aliphatic carbocycles. The fourth-order valence-corrected chi connectivity index (χ4v) is 2.39. The largest absolute Gasteiger partial charge is 0.481 e. The molecule has 0 radical (unpaired) electrons. The predicted octanol–water partition coefficient (Wildman–Crippen LogP) is -2.27. The number of aliphatic carboxylic acids is 2. The molecule has 0 spiro atoms. The number of aliphatic hydroxyl groups is 1. The van der Waals surface area contributed by atoms with Crippen molar-refractivity contribution in [1.82, 2.24) is 10.2 Å². The molecule has 0 bridgehead atoms. The molecule has 0 aromatic rings. The van der Waals surface area contributed by atoms with Gasteiger partial charge in [0.25, 0.3) is 0 Å². The zero-order chi connectivity index (χ0) is 17.6. The maximum absolute atomic E-state index is 12.2. The van der Waals surface area contributed by atoms with Crippen molar-refractivity contribution in [2.24, 2.45) is 5.73 Å². The average Bonchev–Trinajstić information content (AvgIpc) is 2.98. The third-order valence-electron chi connectivity index (χ3n) is 3.61. The molecule has 0 aromatic carbocycles. The second kappa shape index (κ2) is 8.44. The molecule has 130 valence electrons. The summed E-state index contributed by atoms with van der Waals surface area (Å²) < 4.78 is 0. The summed E-state index contributed by atoms with van der Waals surface area (Å²) in [6, 6.07) is -3.35. The van der Waals surface area contributed by atoms with Gasteiger partial charge in [-0.3, -0.25) is 14.4 Å². The van der Waals surface area contributed by atoms with E-state index >= 15 is 0 Å². The first kappa shape index (κ1) is 18.8. The number of nitrogens with zero attached hydrogens (tertiary/aromatic N) is 1. The van der Waals surface area contributed by atoms with E-state index in [9.17, 15) is 19.2 Å². The lowest BCUT2D eigenvalue weighted by molar-refractivity contribution is -0.145. The van der Waals surface area contributed by atoms with Gasteiger partial charge in [0.05, 0.1) is 6.61 Å². The number of carboxylic acid groups (broad SMARTS) is 2. The van der Waals surface area contributed by atoms with Gasteiger partial charge < -0.3 is 31.3 Å². The van der Waals surface area contributed by atoms with Gasteiger partial charge in [0.2, 0.25) is 11.8 Å². The molecule has 1 fully saturated rings. The number of nitrogens with one attached hydrogen (secondary N) is 1. The molecule has 6 N–H and O–H groups in total. The molecule has 0 saturated carbocycles. The van der Waals surface area contributed by atoms with Gasteiger partial charge in [-0.1, -0.05) is 0 Å². The van der Waals surface area contributed by atoms with Gasteiger partial charge in [0, 0.05) is 13.0 Å². The molecule has 1 aliphatic rings. The van der Waals surface area contributed by atoms with Crippen LogP contribution in [0, 0.1) is 0 Å². The highest BCUT2D eigenvalue weighted by molar-refractivity contribution is 5.92. The number of nitrogens with two attached hydrogens (primary N) is 1. The van der Waals surface area contributed by atoms with E-state index in [1.165, 1.54) is 4.90 Å². The lowest BCUT2D eigenvalue weighted by Gasteiger charge is -2.27. The fraction of sp³-hybridized carbons (Fsp3) is 0.692.